The molecule has 0 saturated heterocycles. The quantitative estimate of drug-likeness (QED) is 0.584. The van der Waals surface area contributed by atoms with Crippen LogP contribution in [0, 0.1) is 0 Å². The Hall–Kier alpha value is -1.04. The van der Waals surface area contributed by atoms with Crippen LogP contribution >= 0.6 is 15.9 Å². The van der Waals surface area contributed by atoms with Gasteiger partial charge in [0.15, 0.2) is 4.60 Å². The van der Waals surface area contributed by atoms with Crippen LogP contribution in [-0.4, -0.2) is 52.2 Å². The lowest BCUT2D eigenvalue weighted by atomic mass is 10.2. The number of carboxylic acid groups (broad SMARTS) is 1. The molecule has 1 heterocycles. The van der Waals surface area contributed by atoms with Gasteiger partial charge in [-0.3, -0.25) is 4.79 Å². The largest absolute Gasteiger partial charge is 0.480 e. The van der Waals surface area contributed by atoms with Gasteiger partial charge in [0.1, 0.15) is 6.04 Å². The van der Waals surface area contributed by atoms with Crippen molar-refractivity contribution in [1.82, 2.24) is 19.7 Å². The standard InChI is InChI=1S/C7H11BrN4O5S/c1-12-6(5(8)9-11-12)18(16,17)10-4(2-3-13)7(14)15/h4,10,13H,2-3H2,1H3,(H,14,15)/t4-/m1/s1. The molecule has 0 unspecified atom stereocenters. The predicted octanol–water partition coefficient (Wildman–Crippen LogP) is -1.31. The van der Waals surface area contributed by atoms with E-state index >= 15 is 0 Å². The maximum absolute atomic E-state index is 11.9. The summed E-state index contributed by atoms with van der Waals surface area (Å²) in [5.41, 5.74) is 0. The third-order valence-corrected chi connectivity index (χ3v) is 4.36. The first-order valence-corrected chi connectivity index (χ1v) is 6.98. The summed E-state index contributed by atoms with van der Waals surface area (Å²) in [5, 5.41) is 24.2. The molecule has 0 aliphatic heterocycles. The zero-order chi connectivity index (χ0) is 13.9. The Labute approximate surface area is 111 Å². The number of aromatic nitrogens is 3. The maximum atomic E-state index is 11.9. The number of hydrogen-bond acceptors (Lipinski definition) is 6. The van der Waals surface area contributed by atoms with Gasteiger partial charge in [0, 0.05) is 13.7 Å². The number of carbonyl (C=O) groups is 1. The minimum atomic E-state index is -4.10. The summed E-state index contributed by atoms with van der Waals surface area (Å²) in [6, 6.07) is -1.42. The molecule has 1 aromatic heterocycles. The van der Waals surface area contributed by atoms with E-state index in [1.54, 1.807) is 0 Å². The molecule has 1 atom stereocenters. The van der Waals surface area contributed by atoms with Crippen molar-refractivity contribution < 1.29 is 23.4 Å². The van der Waals surface area contributed by atoms with Gasteiger partial charge in [-0.15, -0.1) is 5.10 Å². The smallest absolute Gasteiger partial charge is 0.321 e. The fourth-order valence-electron chi connectivity index (χ4n) is 1.21. The molecule has 0 radical (unpaired) electrons. The highest BCUT2D eigenvalue weighted by atomic mass is 79.9. The van der Waals surface area contributed by atoms with Crippen LogP contribution in [0.5, 0.6) is 0 Å². The van der Waals surface area contributed by atoms with Crippen LogP contribution in [0.4, 0.5) is 0 Å². The fraction of sp³-hybridized carbons (Fsp3) is 0.571. The average molecular weight is 343 g/mol. The number of aryl methyl sites for hydroxylation is 1. The van der Waals surface area contributed by atoms with E-state index in [2.05, 4.69) is 26.2 Å². The Balaban J connectivity index is 3.05. The fourth-order valence-corrected chi connectivity index (χ4v) is 3.53. The molecular weight excluding hydrogens is 332 g/mol. The first-order valence-electron chi connectivity index (χ1n) is 4.70. The van der Waals surface area contributed by atoms with Crippen molar-refractivity contribution in [3.8, 4) is 0 Å². The number of aliphatic carboxylic acids is 1. The molecule has 0 fully saturated rings. The number of aliphatic hydroxyl groups is 1. The molecular formula is C7H11BrN4O5S. The van der Waals surface area contributed by atoms with E-state index in [0.717, 1.165) is 4.68 Å². The second kappa shape index (κ2) is 5.73. The molecule has 0 saturated carbocycles. The lowest BCUT2D eigenvalue weighted by Gasteiger charge is -2.13. The molecule has 18 heavy (non-hydrogen) atoms. The normalized spacial score (nSPS) is 13.5. The van der Waals surface area contributed by atoms with Gasteiger partial charge in [0.2, 0.25) is 5.03 Å². The van der Waals surface area contributed by atoms with Crippen LogP contribution in [0.15, 0.2) is 9.63 Å². The van der Waals surface area contributed by atoms with E-state index in [9.17, 15) is 13.2 Å². The van der Waals surface area contributed by atoms with Gasteiger partial charge < -0.3 is 10.2 Å². The van der Waals surface area contributed by atoms with Crippen molar-refractivity contribution in [3.05, 3.63) is 4.60 Å². The molecule has 102 valence electrons. The summed E-state index contributed by atoms with van der Waals surface area (Å²) in [4.78, 5) is 10.8. The second-order valence-electron chi connectivity index (χ2n) is 3.33. The van der Waals surface area contributed by atoms with Crippen molar-refractivity contribution in [3.63, 3.8) is 0 Å². The van der Waals surface area contributed by atoms with E-state index in [1.165, 1.54) is 7.05 Å². The van der Waals surface area contributed by atoms with Gasteiger partial charge in [-0.25, -0.2) is 13.1 Å². The van der Waals surface area contributed by atoms with Gasteiger partial charge in [0.05, 0.1) is 0 Å². The Morgan fingerprint density at radius 3 is 2.61 bits per heavy atom. The minimum absolute atomic E-state index is 0.0226. The Kier molecular flexibility index (Phi) is 4.78. The summed E-state index contributed by atoms with van der Waals surface area (Å²) in [5.74, 6) is -1.38. The van der Waals surface area contributed by atoms with Crippen LogP contribution < -0.4 is 4.72 Å². The zero-order valence-electron chi connectivity index (χ0n) is 9.24. The van der Waals surface area contributed by atoms with E-state index in [4.69, 9.17) is 10.2 Å². The molecule has 1 rings (SSSR count). The van der Waals surface area contributed by atoms with E-state index in [1.807, 2.05) is 4.72 Å². The van der Waals surface area contributed by atoms with Crippen molar-refractivity contribution in [2.75, 3.05) is 6.61 Å². The summed E-state index contributed by atoms with van der Waals surface area (Å²) >= 11 is 2.91. The number of nitrogens with one attached hydrogen (secondary N) is 1. The Bertz CT molecular complexity index is 523. The molecule has 11 heteroatoms. The SMILES string of the molecule is Cn1nnc(Br)c1S(=O)(=O)N[C@H](CCO)C(=O)O. The van der Waals surface area contributed by atoms with Crippen molar-refractivity contribution in [2.45, 2.75) is 17.5 Å². The molecule has 0 amide bonds. The molecule has 0 aliphatic carbocycles. The van der Waals surface area contributed by atoms with Crippen LogP contribution in [-0.2, 0) is 21.9 Å². The number of halogens is 1. The van der Waals surface area contributed by atoms with Crippen LogP contribution in [0.2, 0.25) is 0 Å². The third-order valence-electron chi connectivity index (χ3n) is 2.00. The lowest BCUT2D eigenvalue weighted by Crippen LogP contribution is -2.42. The van der Waals surface area contributed by atoms with Crippen molar-refractivity contribution in [1.29, 1.82) is 0 Å². The highest BCUT2D eigenvalue weighted by molar-refractivity contribution is 9.10. The third kappa shape index (κ3) is 3.25. The first kappa shape index (κ1) is 15.0. The molecule has 1 aromatic rings. The van der Waals surface area contributed by atoms with Crippen LogP contribution in [0.25, 0.3) is 0 Å². The van der Waals surface area contributed by atoms with Gasteiger partial charge in [0.25, 0.3) is 10.0 Å². The number of rotatable bonds is 6. The maximum Gasteiger partial charge on any atom is 0.321 e. The number of nitrogens with zero attached hydrogens (tertiary/aromatic N) is 3. The molecule has 0 spiro atoms. The highest BCUT2D eigenvalue weighted by Crippen LogP contribution is 2.18. The van der Waals surface area contributed by atoms with Crippen LogP contribution in [0.3, 0.4) is 0 Å². The van der Waals surface area contributed by atoms with E-state index in [-0.39, 0.29) is 16.0 Å². The van der Waals surface area contributed by atoms with Gasteiger partial charge in [-0.1, -0.05) is 5.21 Å². The summed E-state index contributed by atoms with van der Waals surface area (Å²) in [7, 11) is -2.74. The summed E-state index contributed by atoms with van der Waals surface area (Å²) in [6.45, 7) is -0.454. The Morgan fingerprint density at radius 2 is 2.22 bits per heavy atom. The van der Waals surface area contributed by atoms with Crippen molar-refractivity contribution in [2.24, 2.45) is 7.05 Å². The van der Waals surface area contributed by atoms with Crippen LogP contribution in [0.1, 0.15) is 6.42 Å². The molecule has 0 aromatic carbocycles. The number of aliphatic hydroxyl groups excluding tert-OH is 1. The number of carboxylic acids is 1. The summed E-state index contributed by atoms with van der Waals surface area (Å²) in [6.07, 6.45) is -0.239. The zero-order valence-corrected chi connectivity index (χ0v) is 11.6. The predicted molar refractivity (Wildman–Crippen MR) is 62.2 cm³/mol. The molecule has 0 bridgehead atoms. The highest BCUT2D eigenvalue weighted by Gasteiger charge is 2.29. The average Bonchev–Trinajstić information content (AvgIpc) is 2.58. The van der Waals surface area contributed by atoms with Gasteiger partial charge >= 0.3 is 5.97 Å². The number of sulfonamides is 1. The van der Waals surface area contributed by atoms with Gasteiger partial charge in [-0.2, -0.15) is 4.72 Å². The molecule has 9 nitrogen and oxygen atoms in total. The monoisotopic (exact) mass is 342 g/mol. The lowest BCUT2D eigenvalue weighted by molar-refractivity contribution is -0.139. The Morgan fingerprint density at radius 1 is 1.61 bits per heavy atom. The van der Waals surface area contributed by atoms with E-state index in [0.29, 0.717) is 0 Å². The van der Waals surface area contributed by atoms with Gasteiger partial charge in [-0.05, 0) is 22.4 Å². The topological polar surface area (TPSA) is 134 Å². The first-order chi connectivity index (χ1) is 8.29. The molecule has 0 aliphatic rings. The second-order valence-corrected chi connectivity index (χ2v) is 5.71. The van der Waals surface area contributed by atoms with Crippen molar-refractivity contribution >= 4 is 31.9 Å². The minimum Gasteiger partial charge on any atom is -0.480 e. The summed E-state index contributed by atoms with van der Waals surface area (Å²) < 4.78 is 26.8. The number of hydrogen-bond donors (Lipinski definition) is 3. The van der Waals surface area contributed by atoms with E-state index < -0.39 is 28.6 Å². The molecule has 3 N–H and O–H groups in total.